The van der Waals surface area contributed by atoms with Crippen molar-refractivity contribution >= 4 is 11.3 Å². The quantitative estimate of drug-likeness (QED) is 0.816. The summed E-state index contributed by atoms with van der Waals surface area (Å²) in [5.41, 5.74) is 1.43. The first-order valence-corrected chi connectivity index (χ1v) is 10.2. The highest BCUT2D eigenvalue weighted by Crippen LogP contribution is 2.27. The fourth-order valence-electron chi connectivity index (χ4n) is 3.88. The van der Waals surface area contributed by atoms with Crippen LogP contribution in [0.4, 0.5) is 0 Å². The molecule has 2 aromatic heterocycles. The fraction of sp³-hybridized carbons (Fsp3) is 0.667. The molecule has 0 amide bonds. The maximum absolute atomic E-state index is 5.43. The Kier molecular flexibility index (Phi) is 5.45. The predicted octanol–water partition coefficient (Wildman–Crippen LogP) is 2.09. The summed E-state index contributed by atoms with van der Waals surface area (Å²) in [5, 5.41) is 13.5. The van der Waals surface area contributed by atoms with Crippen molar-refractivity contribution in [3.8, 4) is 0 Å². The fourth-order valence-corrected chi connectivity index (χ4v) is 4.54. The SMILES string of the molecule is Cn1c(CN2CCOCC2)nnc1[C@H]1CCCN(Cc2ccsc2)C1. The van der Waals surface area contributed by atoms with Gasteiger partial charge in [0.2, 0.25) is 0 Å². The van der Waals surface area contributed by atoms with Gasteiger partial charge < -0.3 is 9.30 Å². The molecule has 0 aromatic carbocycles. The van der Waals surface area contributed by atoms with Crippen LogP contribution >= 0.6 is 11.3 Å². The lowest BCUT2D eigenvalue weighted by molar-refractivity contribution is 0.0326. The molecule has 4 rings (SSSR count). The molecule has 0 bridgehead atoms. The number of thiophene rings is 1. The molecular formula is C18H27N5OS. The Morgan fingerprint density at radius 2 is 2.04 bits per heavy atom. The molecule has 7 heteroatoms. The molecule has 136 valence electrons. The van der Waals surface area contributed by atoms with E-state index in [1.165, 1.54) is 24.9 Å². The zero-order chi connectivity index (χ0) is 17.1. The van der Waals surface area contributed by atoms with E-state index in [1.54, 1.807) is 11.3 Å². The predicted molar refractivity (Wildman–Crippen MR) is 98.7 cm³/mol. The van der Waals surface area contributed by atoms with E-state index in [4.69, 9.17) is 4.74 Å². The van der Waals surface area contributed by atoms with Crippen molar-refractivity contribution in [1.29, 1.82) is 0 Å². The Morgan fingerprint density at radius 1 is 1.16 bits per heavy atom. The maximum atomic E-state index is 5.43. The zero-order valence-corrected chi connectivity index (χ0v) is 15.7. The smallest absolute Gasteiger partial charge is 0.146 e. The Hall–Kier alpha value is -1.28. The number of rotatable bonds is 5. The summed E-state index contributed by atoms with van der Waals surface area (Å²) < 4.78 is 7.66. The zero-order valence-electron chi connectivity index (χ0n) is 14.9. The van der Waals surface area contributed by atoms with Crippen molar-refractivity contribution in [3.05, 3.63) is 34.0 Å². The molecule has 6 nitrogen and oxygen atoms in total. The summed E-state index contributed by atoms with van der Waals surface area (Å²) in [6.07, 6.45) is 2.45. The van der Waals surface area contributed by atoms with E-state index in [-0.39, 0.29) is 0 Å². The second-order valence-corrected chi connectivity index (χ2v) is 7.91. The van der Waals surface area contributed by atoms with Gasteiger partial charge in [0, 0.05) is 39.1 Å². The minimum Gasteiger partial charge on any atom is -0.379 e. The van der Waals surface area contributed by atoms with Crippen LogP contribution in [0.2, 0.25) is 0 Å². The molecule has 2 aliphatic rings. The average molecular weight is 362 g/mol. The van der Waals surface area contributed by atoms with Crippen molar-refractivity contribution in [3.63, 3.8) is 0 Å². The molecule has 2 saturated heterocycles. The van der Waals surface area contributed by atoms with Crippen LogP contribution in [0.5, 0.6) is 0 Å². The number of piperidine rings is 1. The van der Waals surface area contributed by atoms with Gasteiger partial charge in [-0.15, -0.1) is 10.2 Å². The van der Waals surface area contributed by atoms with Crippen LogP contribution in [0.25, 0.3) is 0 Å². The van der Waals surface area contributed by atoms with Crippen LogP contribution in [0, 0.1) is 0 Å². The summed E-state index contributed by atoms with van der Waals surface area (Å²) in [5.74, 6) is 2.72. The van der Waals surface area contributed by atoms with Gasteiger partial charge in [-0.05, 0) is 41.8 Å². The molecule has 0 saturated carbocycles. The third kappa shape index (κ3) is 4.11. The van der Waals surface area contributed by atoms with Gasteiger partial charge in [0.05, 0.1) is 19.8 Å². The molecule has 2 aromatic rings. The van der Waals surface area contributed by atoms with Crippen molar-refractivity contribution in [2.24, 2.45) is 7.05 Å². The molecule has 0 spiro atoms. The monoisotopic (exact) mass is 361 g/mol. The molecule has 2 fully saturated rings. The van der Waals surface area contributed by atoms with E-state index < -0.39 is 0 Å². The molecular weight excluding hydrogens is 334 g/mol. The van der Waals surface area contributed by atoms with Crippen molar-refractivity contribution in [2.45, 2.75) is 31.8 Å². The lowest BCUT2D eigenvalue weighted by Gasteiger charge is -2.32. The van der Waals surface area contributed by atoms with E-state index in [9.17, 15) is 0 Å². The Bertz CT molecular complexity index is 665. The number of ether oxygens (including phenoxy) is 1. The van der Waals surface area contributed by atoms with Crippen LogP contribution in [-0.4, -0.2) is 64.0 Å². The lowest BCUT2D eigenvalue weighted by Crippen LogP contribution is -2.36. The number of nitrogens with zero attached hydrogens (tertiary/aromatic N) is 5. The first-order chi connectivity index (χ1) is 12.3. The number of morpholine rings is 1. The molecule has 2 aliphatic heterocycles. The molecule has 0 aliphatic carbocycles. The van der Waals surface area contributed by atoms with Gasteiger partial charge in [-0.2, -0.15) is 11.3 Å². The summed E-state index contributed by atoms with van der Waals surface area (Å²) in [7, 11) is 2.13. The Morgan fingerprint density at radius 3 is 2.84 bits per heavy atom. The molecule has 0 unspecified atom stereocenters. The van der Waals surface area contributed by atoms with E-state index in [1.807, 2.05) is 0 Å². The summed E-state index contributed by atoms with van der Waals surface area (Å²) in [6, 6.07) is 2.23. The van der Waals surface area contributed by atoms with Gasteiger partial charge >= 0.3 is 0 Å². The van der Waals surface area contributed by atoms with E-state index in [0.717, 1.165) is 57.6 Å². The Balaban J connectivity index is 1.40. The minimum atomic E-state index is 0.489. The minimum absolute atomic E-state index is 0.489. The number of aromatic nitrogens is 3. The molecule has 4 heterocycles. The van der Waals surface area contributed by atoms with Crippen LogP contribution in [0.15, 0.2) is 16.8 Å². The van der Waals surface area contributed by atoms with Crippen LogP contribution in [0.1, 0.15) is 36.0 Å². The lowest BCUT2D eigenvalue weighted by atomic mass is 9.97. The molecule has 25 heavy (non-hydrogen) atoms. The summed E-state index contributed by atoms with van der Waals surface area (Å²) in [6.45, 7) is 7.82. The largest absolute Gasteiger partial charge is 0.379 e. The average Bonchev–Trinajstić information content (AvgIpc) is 3.27. The normalized spacial score (nSPS) is 23.2. The van der Waals surface area contributed by atoms with Gasteiger partial charge in [0.15, 0.2) is 0 Å². The molecule has 1 atom stereocenters. The number of hydrogen-bond acceptors (Lipinski definition) is 6. The van der Waals surface area contributed by atoms with E-state index in [0.29, 0.717) is 5.92 Å². The first-order valence-electron chi connectivity index (χ1n) is 9.21. The van der Waals surface area contributed by atoms with Crippen molar-refractivity contribution < 1.29 is 4.74 Å². The second-order valence-electron chi connectivity index (χ2n) is 7.13. The Labute approximate surface area is 153 Å². The van der Waals surface area contributed by atoms with Crippen LogP contribution < -0.4 is 0 Å². The summed E-state index contributed by atoms with van der Waals surface area (Å²) >= 11 is 1.78. The second kappa shape index (κ2) is 7.95. The summed E-state index contributed by atoms with van der Waals surface area (Å²) in [4.78, 5) is 4.97. The van der Waals surface area contributed by atoms with Crippen LogP contribution in [-0.2, 0) is 24.9 Å². The highest BCUT2D eigenvalue weighted by molar-refractivity contribution is 7.07. The highest BCUT2D eigenvalue weighted by Gasteiger charge is 2.26. The van der Waals surface area contributed by atoms with E-state index in [2.05, 4.69) is 48.4 Å². The van der Waals surface area contributed by atoms with Crippen molar-refractivity contribution in [1.82, 2.24) is 24.6 Å². The van der Waals surface area contributed by atoms with Gasteiger partial charge in [-0.25, -0.2) is 0 Å². The number of hydrogen-bond donors (Lipinski definition) is 0. The standard InChI is InChI=1S/C18H27N5OS/c1-21-17(13-22-6-8-24-9-7-22)19-20-18(21)16-3-2-5-23(12-16)11-15-4-10-25-14-15/h4,10,14,16H,2-3,5-9,11-13H2,1H3/t16-/m0/s1. The van der Waals surface area contributed by atoms with Gasteiger partial charge in [0.1, 0.15) is 11.6 Å². The van der Waals surface area contributed by atoms with E-state index >= 15 is 0 Å². The van der Waals surface area contributed by atoms with Gasteiger partial charge in [-0.1, -0.05) is 0 Å². The third-order valence-corrected chi connectivity index (χ3v) is 6.06. The first kappa shape index (κ1) is 17.1. The van der Waals surface area contributed by atoms with Crippen LogP contribution in [0.3, 0.4) is 0 Å². The molecule has 0 N–H and O–H groups in total. The third-order valence-electron chi connectivity index (χ3n) is 5.32. The number of likely N-dealkylation sites (tertiary alicyclic amines) is 1. The van der Waals surface area contributed by atoms with Crippen molar-refractivity contribution in [2.75, 3.05) is 39.4 Å². The maximum Gasteiger partial charge on any atom is 0.146 e. The van der Waals surface area contributed by atoms with Gasteiger partial charge in [0.25, 0.3) is 0 Å². The highest BCUT2D eigenvalue weighted by atomic mass is 32.1. The van der Waals surface area contributed by atoms with Gasteiger partial charge in [-0.3, -0.25) is 9.80 Å². The molecule has 0 radical (unpaired) electrons. The topological polar surface area (TPSA) is 46.4 Å².